The van der Waals surface area contributed by atoms with Crippen LogP contribution in [0, 0.1) is 19.7 Å². The van der Waals surface area contributed by atoms with E-state index in [0.717, 1.165) is 38.7 Å². The molecule has 5 aromatic rings. The fourth-order valence-corrected chi connectivity index (χ4v) is 5.87. The predicted molar refractivity (Wildman–Crippen MR) is 136 cm³/mol. The van der Waals surface area contributed by atoms with Crippen LogP contribution in [0.4, 0.5) is 4.39 Å². The second-order valence-electron chi connectivity index (χ2n) is 9.78. The van der Waals surface area contributed by atoms with Crippen molar-refractivity contribution >= 4 is 21.9 Å². The Bertz CT molecular complexity index is 1560. The molecule has 0 amide bonds. The summed E-state index contributed by atoms with van der Waals surface area (Å²) >= 11 is 0. The number of benzene rings is 3. The van der Waals surface area contributed by atoms with Crippen molar-refractivity contribution in [2.45, 2.75) is 45.4 Å². The molecule has 1 aliphatic rings. The van der Waals surface area contributed by atoms with Gasteiger partial charge in [-0.3, -0.25) is 0 Å². The van der Waals surface area contributed by atoms with E-state index >= 15 is 4.39 Å². The maximum Gasteiger partial charge on any atom is 0.216 e. The molecule has 0 N–H and O–H groups in total. The Morgan fingerprint density at radius 1 is 0.824 bits per heavy atom. The Balaban J connectivity index is 1.59. The van der Waals surface area contributed by atoms with Gasteiger partial charge in [0.1, 0.15) is 24.0 Å². The van der Waals surface area contributed by atoms with Crippen LogP contribution in [0.25, 0.3) is 44.3 Å². The SMILES string of the molecule is Cc1cc(-c2c(F)ccc3c2oc2c(-c4cccc[n+]4C)c(C)ccc23)ccc1C1CCCC1. The fraction of sp³-hybridized carbons (Fsp3) is 0.258. The zero-order valence-corrected chi connectivity index (χ0v) is 20.0. The lowest BCUT2D eigenvalue weighted by molar-refractivity contribution is -0.660. The molecule has 0 saturated heterocycles. The molecule has 0 spiro atoms. The number of fused-ring (bicyclic) bond motifs is 3. The quantitative estimate of drug-likeness (QED) is 0.253. The Morgan fingerprint density at radius 3 is 2.29 bits per heavy atom. The number of aryl methyl sites for hydroxylation is 3. The summed E-state index contributed by atoms with van der Waals surface area (Å²) in [7, 11) is 2.04. The van der Waals surface area contributed by atoms with Gasteiger partial charge in [0.25, 0.3) is 0 Å². The number of hydrogen-bond donors (Lipinski definition) is 0. The minimum Gasteiger partial charge on any atom is -0.454 e. The van der Waals surface area contributed by atoms with Gasteiger partial charge in [-0.25, -0.2) is 8.96 Å². The van der Waals surface area contributed by atoms with Crippen LogP contribution in [0.5, 0.6) is 0 Å². The van der Waals surface area contributed by atoms with Crippen molar-refractivity contribution in [3.05, 3.63) is 89.4 Å². The van der Waals surface area contributed by atoms with E-state index in [2.05, 4.69) is 54.8 Å². The third kappa shape index (κ3) is 3.26. The van der Waals surface area contributed by atoms with Crippen LogP contribution in [0.2, 0.25) is 0 Å². The molecule has 1 saturated carbocycles. The van der Waals surface area contributed by atoms with Gasteiger partial charge in [-0.2, -0.15) is 0 Å². The molecule has 170 valence electrons. The summed E-state index contributed by atoms with van der Waals surface area (Å²) in [6.45, 7) is 4.26. The molecule has 2 nitrogen and oxygen atoms in total. The van der Waals surface area contributed by atoms with Gasteiger partial charge < -0.3 is 4.42 Å². The Kier molecular flexibility index (Phi) is 5.02. The van der Waals surface area contributed by atoms with E-state index in [4.69, 9.17) is 4.42 Å². The molecule has 1 fully saturated rings. The molecular formula is C31H29FNO+. The number of hydrogen-bond acceptors (Lipinski definition) is 1. The van der Waals surface area contributed by atoms with E-state index in [-0.39, 0.29) is 5.82 Å². The molecule has 3 heteroatoms. The number of pyridine rings is 1. The van der Waals surface area contributed by atoms with Gasteiger partial charge in [-0.1, -0.05) is 43.2 Å². The van der Waals surface area contributed by atoms with Crippen molar-refractivity contribution in [1.82, 2.24) is 0 Å². The van der Waals surface area contributed by atoms with E-state index < -0.39 is 0 Å². The van der Waals surface area contributed by atoms with Gasteiger partial charge in [-0.15, -0.1) is 0 Å². The summed E-state index contributed by atoms with van der Waals surface area (Å²) in [6.07, 6.45) is 7.16. The number of furan rings is 1. The highest BCUT2D eigenvalue weighted by Gasteiger charge is 2.24. The minimum absolute atomic E-state index is 0.247. The highest BCUT2D eigenvalue weighted by atomic mass is 19.1. The molecular weight excluding hydrogens is 421 g/mol. The van der Waals surface area contributed by atoms with Gasteiger partial charge in [0.15, 0.2) is 6.20 Å². The largest absolute Gasteiger partial charge is 0.454 e. The lowest BCUT2D eigenvalue weighted by Crippen LogP contribution is -2.30. The van der Waals surface area contributed by atoms with Gasteiger partial charge in [0.2, 0.25) is 5.69 Å². The number of aromatic nitrogens is 1. The summed E-state index contributed by atoms with van der Waals surface area (Å²) in [5, 5.41) is 1.96. The first kappa shape index (κ1) is 21.1. The summed E-state index contributed by atoms with van der Waals surface area (Å²) < 4.78 is 24.0. The molecule has 34 heavy (non-hydrogen) atoms. The molecule has 0 aliphatic heterocycles. The maximum atomic E-state index is 15.4. The second kappa shape index (κ2) is 8.09. The molecule has 3 aromatic carbocycles. The first-order valence-corrected chi connectivity index (χ1v) is 12.2. The zero-order valence-electron chi connectivity index (χ0n) is 20.0. The number of nitrogens with zero attached hydrogens (tertiary/aromatic N) is 1. The smallest absolute Gasteiger partial charge is 0.216 e. The molecule has 0 atom stereocenters. The van der Waals surface area contributed by atoms with E-state index in [1.165, 1.54) is 36.8 Å². The van der Waals surface area contributed by atoms with E-state index in [1.807, 2.05) is 31.4 Å². The third-order valence-corrected chi connectivity index (χ3v) is 7.63. The highest BCUT2D eigenvalue weighted by Crippen LogP contribution is 2.43. The van der Waals surface area contributed by atoms with Crippen LogP contribution < -0.4 is 4.57 Å². The van der Waals surface area contributed by atoms with Crippen LogP contribution >= 0.6 is 0 Å². The van der Waals surface area contributed by atoms with Gasteiger partial charge in [-0.05, 0) is 73.1 Å². The molecule has 2 aromatic heterocycles. The lowest BCUT2D eigenvalue weighted by atomic mass is 9.90. The van der Waals surface area contributed by atoms with E-state index in [0.29, 0.717) is 17.1 Å². The van der Waals surface area contributed by atoms with E-state index in [1.54, 1.807) is 6.07 Å². The normalized spacial score (nSPS) is 14.5. The Morgan fingerprint density at radius 2 is 1.56 bits per heavy atom. The van der Waals surface area contributed by atoms with Crippen LogP contribution in [-0.2, 0) is 7.05 Å². The van der Waals surface area contributed by atoms with Crippen LogP contribution in [-0.4, -0.2) is 0 Å². The standard InChI is InChI=1S/C31H29FNO/c1-19-11-13-24-25-15-16-26(32)29(22-12-14-23(20(2)18-22)21-8-4-5-9-21)31(25)34-30(24)28(19)27-10-6-7-17-33(27)3/h6-7,10-18,21H,4-5,8-9H2,1-3H3/q+1. The summed E-state index contributed by atoms with van der Waals surface area (Å²) in [6, 6.07) is 20.2. The average Bonchev–Trinajstić information content (AvgIpc) is 3.48. The van der Waals surface area contributed by atoms with Gasteiger partial charge in [0.05, 0.1) is 11.1 Å². The van der Waals surface area contributed by atoms with Crippen molar-refractivity contribution in [2.24, 2.45) is 7.05 Å². The van der Waals surface area contributed by atoms with Crippen LogP contribution in [0.3, 0.4) is 0 Å². The third-order valence-electron chi connectivity index (χ3n) is 7.63. The Hall–Kier alpha value is -3.46. The predicted octanol–water partition coefficient (Wildman–Crippen LogP) is 8.16. The monoisotopic (exact) mass is 450 g/mol. The summed E-state index contributed by atoms with van der Waals surface area (Å²) in [5.74, 6) is 0.390. The number of halogens is 1. The van der Waals surface area contributed by atoms with Crippen LogP contribution in [0.1, 0.15) is 48.3 Å². The van der Waals surface area contributed by atoms with Crippen LogP contribution in [0.15, 0.2) is 71.3 Å². The average molecular weight is 451 g/mol. The van der Waals surface area contributed by atoms with Crippen molar-refractivity contribution in [3.8, 4) is 22.4 Å². The second-order valence-corrected chi connectivity index (χ2v) is 9.78. The molecule has 6 rings (SSSR count). The fourth-order valence-electron chi connectivity index (χ4n) is 5.87. The molecule has 0 unspecified atom stereocenters. The lowest BCUT2D eigenvalue weighted by Gasteiger charge is -2.15. The van der Waals surface area contributed by atoms with Crippen molar-refractivity contribution in [2.75, 3.05) is 0 Å². The number of rotatable bonds is 3. The van der Waals surface area contributed by atoms with E-state index in [9.17, 15) is 0 Å². The topological polar surface area (TPSA) is 17.0 Å². The van der Waals surface area contributed by atoms with Crippen molar-refractivity contribution in [1.29, 1.82) is 0 Å². The van der Waals surface area contributed by atoms with Gasteiger partial charge >= 0.3 is 0 Å². The molecule has 2 heterocycles. The minimum atomic E-state index is -0.247. The maximum absolute atomic E-state index is 15.4. The van der Waals surface area contributed by atoms with Crippen molar-refractivity contribution < 1.29 is 13.4 Å². The summed E-state index contributed by atoms with van der Waals surface area (Å²) in [5.41, 5.74) is 8.77. The Labute approximate surface area is 199 Å². The molecule has 0 radical (unpaired) electrons. The van der Waals surface area contributed by atoms with Crippen molar-refractivity contribution in [3.63, 3.8) is 0 Å². The molecule has 0 bridgehead atoms. The summed E-state index contributed by atoms with van der Waals surface area (Å²) in [4.78, 5) is 0. The highest BCUT2D eigenvalue weighted by molar-refractivity contribution is 6.13. The zero-order chi connectivity index (χ0) is 23.4. The molecule has 1 aliphatic carbocycles. The van der Waals surface area contributed by atoms with Gasteiger partial charge in [0, 0.05) is 22.9 Å². The first-order chi connectivity index (χ1) is 16.5. The first-order valence-electron chi connectivity index (χ1n) is 12.2.